The van der Waals surface area contributed by atoms with Crippen LogP contribution in [0.5, 0.6) is 0 Å². The molecule has 2 N–H and O–H groups in total. The van der Waals surface area contributed by atoms with E-state index in [2.05, 4.69) is 14.9 Å². The predicted molar refractivity (Wildman–Crippen MR) is 53.3 cm³/mol. The van der Waals surface area contributed by atoms with Gasteiger partial charge in [0.1, 0.15) is 5.82 Å². The van der Waals surface area contributed by atoms with E-state index in [-0.39, 0.29) is 5.59 Å². The first-order chi connectivity index (χ1) is 6.77. The molecule has 5 nitrogen and oxygen atoms in total. The molecule has 0 radical (unpaired) electrons. The van der Waals surface area contributed by atoms with E-state index in [1.165, 1.54) is 19.0 Å². The molecular formula is C8H12BN3O2. The summed E-state index contributed by atoms with van der Waals surface area (Å²) >= 11 is 0. The van der Waals surface area contributed by atoms with Crippen LogP contribution in [0.1, 0.15) is 12.8 Å². The molecule has 0 saturated carbocycles. The van der Waals surface area contributed by atoms with Crippen LogP contribution in [0.2, 0.25) is 0 Å². The average molecular weight is 193 g/mol. The van der Waals surface area contributed by atoms with Crippen molar-refractivity contribution in [2.24, 2.45) is 0 Å². The van der Waals surface area contributed by atoms with Gasteiger partial charge in [0.15, 0.2) is 0 Å². The van der Waals surface area contributed by atoms with E-state index in [4.69, 9.17) is 10.0 Å². The predicted octanol–water partition coefficient (Wildman–Crippen LogP) is -1.24. The maximum Gasteiger partial charge on any atom is 0.509 e. The molecule has 0 aromatic carbocycles. The molecule has 14 heavy (non-hydrogen) atoms. The van der Waals surface area contributed by atoms with Crippen LogP contribution in [0.3, 0.4) is 0 Å². The Morgan fingerprint density at radius 2 is 1.86 bits per heavy atom. The third kappa shape index (κ3) is 1.86. The van der Waals surface area contributed by atoms with Crippen molar-refractivity contribution < 1.29 is 10.0 Å². The van der Waals surface area contributed by atoms with Gasteiger partial charge >= 0.3 is 7.12 Å². The molecule has 0 atom stereocenters. The third-order valence-corrected chi connectivity index (χ3v) is 2.35. The summed E-state index contributed by atoms with van der Waals surface area (Å²) in [6.45, 7) is 2.02. The van der Waals surface area contributed by atoms with Crippen LogP contribution in [-0.2, 0) is 0 Å². The maximum atomic E-state index is 8.82. The van der Waals surface area contributed by atoms with Crippen molar-refractivity contribution >= 4 is 18.5 Å². The van der Waals surface area contributed by atoms with Crippen molar-refractivity contribution in [3.8, 4) is 0 Å². The molecule has 1 aromatic rings. The van der Waals surface area contributed by atoms with Crippen molar-refractivity contribution in [3.05, 3.63) is 12.4 Å². The Bertz CT molecular complexity index is 298. The fourth-order valence-corrected chi connectivity index (χ4v) is 1.57. The molecule has 0 amide bonds. The van der Waals surface area contributed by atoms with E-state index in [1.807, 2.05) is 0 Å². The van der Waals surface area contributed by atoms with E-state index in [0.717, 1.165) is 18.9 Å². The summed E-state index contributed by atoms with van der Waals surface area (Å²) in [6, 6.07) is 0. The van der Waals surface area contributed by atoms with Crippen LogP contribution in [0.15, 0.2) is 12.4 Å². The highest BCUT2D eigenvalue weighted by Gasteiger charge is 2.16. The zero-order valence-corrected chi connectivity index (χ0v) is 7.80. The Morgan fingerprint density at radius 1 is 1.14 bits per heavy atom. The molecule has 2 rings (SSSR count). The van der Waals surface area contributed by atoms with Crippen LogP contribution in [0, 0.1) is 0 Å². The smallest absolute Gasteiger partial charge is 0.422 e. The summed E-state index contributed by atoms with van der Waals surface area (Å²) in [6.07, 6.45) is 5.36. The van der Waals surface area contributed by atoms with Gasteiger partial charge in [-0.2, -0.15) is 0 Å². The van der Waals surface area contributed by atoms with Gasteiger partial charge in [-0.3, -0.25) is 4.98 Å². The first-order valence-electron chi connectivity index (χ1n) is 4.70. The standard InChI is InChI=1S/C8H12BN3O2/c13-9(14)7-5-11-8(6-10-7)12-3-1-2-4-12/h5-6,13-14H,1-4H2. The van der Waals surface area contributed by atoms with Gasteiger partial charge in [-0.15, -0.1) is 0 Å². The van der Waals surface area contributed by atoms with Crippen molar-refractivity contribution in [2.45, 2.75) is 12.8 Å². The van der Waals surface area contributed by atoms with Gasteiger partial charge < -0.3 is 14.9 Å². The Balaban J connectivity index is 2.12. The van der Waals surface area contributed by atoms with Crippen molar-refractivity contribution in [3.63, 3.8) is 0 Å². The molecule has 6 heteroatoms. The molecule has 1 fully saturated rings. The monoisotopic (exact) mass is 193 g/mol. The second kappa shape index (κ2) is 3.94. The molecule has 0 spiro atoms. The van der Waals surface area contributed by atoms with E-state index >= 15 is 0 Å². The zero-order chi connectivity index (χ0) is 9.97. The Morgan fingerprint density at radius 3 is 2.36 bits per heavy atom. The van der Waals surface area contributed by atoms with E-state index in [0.29, 0.717) is 0 Å². The molecular weight excluding hydrogens is 181 g/mol. The topological polar surface area (TPSA) is 69.5 Å². The van der Waals surface area contributed by atoms with Gasteiger partial charge in [-0.25, -0.2) is 4.98 Å². The van der Waals surface area contributed by atoms with Crippen LogP contribution in [0.25, 0.3) is 0 Å². The Kier molecular flexibility index (Phi) is 2.65. The number of anilines is 1. The molecule has 0 aliphatic carbocycles. The number of hydrogen-bond acceptors (Lipinski definition) is 5. The number of hydrogen-bond donors (Lipinski definition) is 2. The molecule has 1 aliphatic heterocycles. The summed E-state index contributed by atoms with van der Waals surface area (Å²) in [5.74, 6) is 0.812. The maximum absolute atomic E-state index is 8.82. The summed E-state index contributed by atoms with van der Waals surface area (Å²) in [5.41, 5.74) is 0.188. The average Bonchev–Trinajstić information content (AvgIpc) is 2.71. The van der Waals surface area contributed by atoms with Crippen molar-refractivity contribution in [2.75, 3.05) is 18.0 Å². The van der Waals surface area contributed by atoms with Gasteiger partial charge in [0.2, 0.25) is 0 Å². The SMILES string of the molecule is OB(O)c1cnc(N2CCCC2)cn1. The molecule has 1 saturated heterocycles. The largest absolute Gasteiger partial charge is 0.509 e. The van der Waals surface area contributed by atoms with Crippen molar-refractivity contribution in [1.29, 1.82) is 0 Å². The van der Waals surface area contributed by atoms with Crippen LogP contribution in [0.4, 0.5) is 5.82 Å². The fraction of sp³-hybridized carbons (Fsp3) is 0.500. The number of nitrogens with zero attached hydrogens (tertiary/aromatic N) is 3. The van der Waals surface area contributed by atoms with Crippen molar-refractivity contribution in [1.82, 2.24) is 9.97 Å². The van der Waals surface area contributed by atoms with Crippen LogP contribution < -0.4 is 10.5 Å². The lowest BCUT2D eigenvalue weighted by molar-refractivity contribution is 0.424. The van der Waals surface area contributed by atoms with Crippen LogP contribution in [-0.4, -0.2) is 40.2 Å². The van der Waals surface area contributed by atoms with Gasteiger partial charge in [-0.05, 0) is 12.8 Å². The second-order valence-electron chi connectivity index (χ2n) is 3.37. The first kappa shape index (κ1) is 9.42. The summed E-state index contributed by atoms with van der Waals surface area (Å²) in [7, 11) is -1.53. The van der Waals surface area contributed by atoms with Gasteiger partial charge in [0, 0.05) is 19.3 Å². The summed E-state index contributed by atoms with van der Waals surface area (Å²) in [4.78, 5) is 10.2. The summed E-state index contributed by atoms with van der Waals surface area (Å²) in [5, 5.41) is 17.6. The molecule has 0 bridgehead atoms. The van der Waals surface area contributed by atoms with E-state index < -0.39 is 7.12 Å². The molecule has 1 aliphatic rings. The minimum absolute atomic E-state index is 0.188. The highest BCUT2D eigenvalue weighted by molar-refractivity contribution is 6.57. The molecule has 1 aromatic heterocycles. The van der Waals surface area contributed by atoms with Gasteiger partial charge in [0.05, 0.1) is 11.8 Å². The molecule has 74 valence electrons. The first-order valence-corrected chi connectivity index (χ1v) is 4.70. The Labute approximate surface area is 82.6 Å². The number of rotatable bonds is 2. The van der Waals surface area contributed by atoms with Gasteiger partial charge in [-0.1, -0.05) is 0 Å². The lowest BCUT2D eigenvalue weighted by Crippen LogP contribution is -2.33. The second-order valence-corrected chi connectivity index (χ2v) is 3.37. The van der Waals surface area contributed by atoms with E-state index in [9.17, 15) is 0 Å². The lowest BCUT2D eigenvalue weighted by Gasteiger charge is -2.15. The highest BCUT2D eigenvalue weighted by atomic mass is 16.4. The lowest BCUT2D eigenvalue weighted by atomic mass is 9.87. The third-order valence-electron chi connectivity index (χ3n) is 2.35. The Hall–Kier alpha value is -1.14. The van der Waals surface area contributed by atoms with E-state index in [1.54, 1.807) is 6.20 Å². The minimum Gasteiger partial charge on any atom is -0.422 e. The highest BCUT2D eigenvalue weighted by Crippen LogP contribution is 2.14. The zero-order valence-electron chi connectivity index (χ0n) is 7.80. The molecule has 2 heterocycles. The van der Waals surface area contributed by atoms with Crippen LogP contribution >= 0.6 is 0 Å². The minimum atomic E-state index is -1.53. The normalized spacial score (nSPS) is 16.0. The summed E-state index contributed by atoms with van der Waals surface area (Å²) < 4.78 is 0. The molecule has 0 unspecified atom stereocenters. The number of aromatic nitrogens is 2. The quantitative estimate of drug-likeness (QED) is 0.574. The fourth-order valence-electron chi connectivity index (χ4n) is 1.57. The van der Waals surface area contributed by atoms with Gasteiger partial charge in [0.25, 0.3) is 0 Å².